The molecule has 1 heterocycles. The van der Waals surface area contributed by atoms with Crippen LogP contribution in [-0.4, -0.2) is 10.9 Å². The van der Waals surface area contributed by atoms with Crippen molar-refractivity contribution in [1.29, 1.82) is 0 Å². The van der Waals surface area contributed by atoms with E-state index in [2.05, 4.69) is 47.2 Å². The van der Waals surface area contributed by atoms with Gasteiger partial charge in [-0.15, -0.1) is 11.3 Å². The first kappa shape index (κ1) is 20.5. The second kappa shape index (κ2) is 9.83. The van der Waals surface area contributed by atoms with Gasteiger partial charge in [0.2, 0.25) is 5.91 Å². The van der Waals surface area contributed by atoms with Crippen molar-refractivity contribution >= 4 is 38.3 Å². The SMILES string of the molecule is CCCCC1CCC(C(=O)Nc2nc(-c3ccc(Br)cc3)c(CC)s2)CC1. The van der Waals surface area contributed by atoms with E-state index in [4.69, 9.17) is 4.98 Å². The molecule has 27 heavy (non-hydrogen) atoms. The van der Waals surface area contributed by atoms with Gasteiger partial charge in [-0.05, 0) is 50.2 Å². The summed E-state index contributed by atoms with van der Waals surface area (Å²) in [7, 11) is 0. The molecule has 1 aliphatic rings. The van der Waals surface area contributed by atoms with E-state index in [1.54, 1.807) is 11.3 Å². The Bertz CT molecular complexity index is 748. The van der Waals surface area contributed by atoms with Crippen LogP contribution in [0.25, 0.3) is 11.3 Å². The van der Waals surface area contributed by atoms with Gasteiger partial charge in [0, 0.05) is 20.8 Å². The van der Waals surface area contributed by atoms with Gasteiger partial charge in [0.15, 0.2) is 5.13 Å². The van der Waals surface area contributed by atoms with E-state index in [1.165, 1.54) is 37.0 Å². The molecule has 1 aromatic carbocycles. The summed E-state index contributed by atoms with van der Waals surface area (Å²) in [5.41, 5.74) is 2.09. The highest BCUT2D eigenvalue weighted by Gasteiger charge is 2.26. The number of aryl methyl sites for hydroxylation is 1. The topological polar surface area (TPSA) is 42.0 Å². The minimum absolute atomic E-state index is 0.146. The number of benzene rings is 1. The molecule has 0 radical (unpaired) electrons. The molecule has 1 aromatic heterocycles. The number of amides is 1. The van der Waals surface area contributed by atoms with Gasteiger partial charge in [0.1, 0.15) is 0 Å². The first-order chi connectivity index (χ1) is 13.1. The molecule has 3 rings (SSSR count). The fourth-order valence-corrected chi connectivity index (χ4v) is 5.08. The minimum Gasteiger partial charge on any atom is -0.302 e. The average molecular weight is 449 g/mol. The van der Waals surface area contributed by atoms with E-state index in [0.717, 1.165) is 46.0 Å². The Kier molecular flexibility index (Phi) is 7.48. The molecule has 1 fully saturated rings. The third-order valence-corrected chi connectivity index (χ3v) is 7.19. The number of rotatable bonds is 7. The summed E-state index contributed by atoms with van der Waals surface area (Å²) < 4.78 is 1.06. The number of nitrogens with one attached hydrogen (secondary N) is 1. The number of aromatic nitrogens is 1. The number of carbonyl (C=O) groups is 1. The zero-order valence-electron chi connectivity index (χ0n) is 16.3. The Morgan fingerprint density at radius 3 is 2.52 bits per heavy atom. The molecule has 0 aliphatic heterocycles. The van der Waals surface area contributed by atoms with Crippen LogP contribution in [0.4, 0.5) is 5.13 Å². The lowest BCUT2D eigenvalue weighted by Crippen LogP contribution is -2.27. The number of carbonyl (C=O) groups excluding carboxylic acids is 1. The van der Waals surface area contributed by atoms with E-state index in [0.29, 0.717) is 0 Å². The molecule has 1 saturated carbocycles. The highest BCUT2D eigenvalue weighted by atomic mass is 79.9. The number of unbranched alkanes of at least 4 members (excludes halogenated alkanes) is 1. The maximum absolute atomic E-state index is 12.7. The van der Waals surface area contributed by atoms with Gasteiger partial charge in [0.25, 0.3) is 0 Å². The van der Waals surface area contributed by atoms with Crippen LogP contribution in [0.1, 0.15) is 63.7 Å². The summed E-state index contributed by atoms with van der Waals surface area (Å²) >= 11 is 5.09. The number of thiazole rings is 1. The molecule has 1 aliphatic carbocycles. The molecular weight excluding hydrogens is 420 g/mol. The van der Waals surface area contributed by atoms with E-state index < -0.39 is 0 Å². The van der Waals surface area contributed by atoms with Crippen LogP contribution in [0, 0.1) is 11.8 Å². The number of hydrogen-bond acceptors (Lipinski definition) is 3. The van der Waals surface area contributed by atoms with E-state index in [1.807, 2.05) is 12.1 Å². The maximum Gasteiger partial charge on any atom is 0.229 e. The van der Waals surface area contributed by atoms with Crippen molar-refractivity contribution in [3.63, 3.8) is 0 Å². The van der Waals surface area contributed by atoms with Crippen molar-refractivity contribution in [2.24, 2.45) is 11.8 Å². The number of halogens is 1. The van der Waals surface area contributed by atoms with Crippen molar-refractivity contribution < 1.29 is 4.79 Å². The standard InChI is InChI=1S/C22H29BrN2OS/c1-3-5-6-15-7-9-17(10-8-15)21(26)25-22-24-20(19(4-2)27-22)16-11-13-18(23)14-12-16/h11-15,17H,3-10H2,1-2H3,(H,24,25,26). The molecule has 0 spiro atoms. The zero-order chi connectivity index (χ0) is 19.2. The summed E-state index contributed by atoms with van der Waals surface area (Å²) in [6.07, 6.45) is 9.26. The van der Waals surface area contributed by atoms with E-state index in [-0.39, 0.29) is 11.8 Å². The second-order valence-electron chi connectivity index (χ2n) is 7.50. The maximum atomic E-state index is 12.7. The fourth-order valence-electron chi connectivity index (χ4n) is 3.89. The molecular formula is C22H29BrN2OS. The summed E-state index contributed by atoms with van der Waals surface area (Å²) in [4.78, 5) is 18.7. The minimum atomic E-state index is 0.146. The van der Waals surface area contributed by atoms with E-state index in [9.17, 15) is 4.79 Å². The first-order valence-corrected chi connectivity index (χ1v) is 11.8. The van der Waals surface area contributed by atoms with Gasteiger partial charge in [-0.25, -0.2) is 4.98 Å². The van der Waals surface area contributed by atoms with Crippen LogP contribution >= 0.6 is 27.3 Å². The summed E-state index contributed by atoms with van der Waals surface area (Å²) in [6, 6.07) is 8.20. The van der Waals surface area contributed by atoms with Gasteiger partial charge >= 0.3 is 0 Å². The van der Waals surface area contributed by atoms with Crippen LogP contribution in [0.3, 0.4) is 0 Å². The monoisotopic (exact) mass is 448 g/mol. The Morgan fingerprint density at radius 1 is 1.19 bits per heavy atom. The number of anilines is 1. The van der Waals surface area contributed by atoms with Gasteiger partial charge < -0.3 is 5.32 Å². The van der Waals surface area contributed by atoms with Crippen molar-refractivity contribution in [2.45, 2.75) is 65.2 Å². The largest absolute Gasteiger partial charge is 0.302 e. The van der Waals surface area contributed by atoms with Gasteiger partial charge in [-0.3, -0.25) is 4.79 Å². The van der Waals surface area contributed by atoms with Crippen LogP contribution in [0.2, 0.25) is 0 Å². The lowest BCUT2D eigenvalue weighted by Gasteiger charge is -2.27. The Labute approximate surface area is 175 Å². The molecule has 0 saturated heterocycles. The lowest BCUT2D eigenvalue weighted by atomic mass is 9.79. The molecule has 1 amide bonds. The van der Waals surface area contributed by atoms with Gasteiger partial charge in [0.05, 0.1) is 5.69 Å². The highest BCUT2D eigenvalue weighted by Crippen LogP contribution is 2.35. The van der Waals surface area contributed by atoms with Gasteiger partial charge in [-0.1, -0.05) is 61.2 Å². The quantitative estimate of drug-likeness (QED) is 0.491. The smallest absolute Gasteiger partial charge is 0.229 e. The Balaban J connectivity index is 1.62. The van der Waals surface area contributed by atoms with Crippen molar-refractivity contribution in [3.05, 3.63) is 33.6 Å². The predicted octanol–water partition coefficient (Wildman–Crippen LogP) is 7.07. The molecule has 0 atom stereocenters. The molecule has 0 bridgehead atoms. The second-order valence-corrected chi connectivity index (χ2v) is 9.50. The van der Waals surface area contributed by atoms with Crippen molar-refractivity contribution in [2.75, 3.05) is 5.32 Å². The summed E-state index contributed by atoms with van der Waals surface area (Å²) in [5, 5.41) is 3.84. The highest BCUT2D eigenvalue weighted by molar-refractivity contribution is 9.10. The van der Waals surface area contributed by atoms with Crippen LogP contribution < -0.4 is 5.32 Å². The fraction of sp³-hybridized carbons (Fsp3) is 0.545. The van der Waals surface area contributed by atoms with Crippen LogP contribution in [0.5, 0.6) is 0 Å². The zero-order valence-corrected chi connectivity index (χ0v) is 18.7. The lowest BCUT2D eigenvalue weighted by molar-refractivity contribution is -0.121. The first-order valence-electron chi connectivity index (χ1n) is 10.2. The Hall–Kier alpha value is -1.20. The third kappa shape index (κ3) is 5.41. The normalized spacial score (nSPS) is 19.8. The van der Waals surface area contributed by atoms with Crippen LogP contribution in [-0.2, 0) is 11.2 Å². The molecule has 0 unspecified atom stereocenters. The van der Waals surface area contributed by atoms with Crippen molar-refractivity contribution in [3.8, 4) is 11.3 Å². The Morgan fingerprint density at radius 2 is 1.89 bits per heavy atom. The molecule has 5 heteroatoms. The number of nitrogens with zero attached hydrogens (tertiary/aromatic N) is 1. The molecule has 146 valence electrons. The average Bonchev–Trinajstić information content (AvgIpc) is 3.10. The number of hydrogen-bond donors (Lipinski definition) is 1. The van der Waals surface area contributed by atoms with Gasteiger partial charge in [-0.2, -0.15) is 0 Å². The van der Waals surface area contributed by atoms with Crippen molar-refractivity contribution in [1.82, 2.24) is 4.98 Å². The summed E-state index contributed by atoms with van der Waals surface area (Å²) in [6.45, 7) is 4.39. The van der Waals surface area contributed by atoms with E-state index >= 15 is 0 Å². The molecule has 3 nitrogen and oxygen atoms in total. The molecule has 2 aromatic rings. The molecule has 1 N–H and O–H groups in total. The third-order valence-electron chi connectivity index (χ3n) is 5.55. The predicted molar refractivity (Wildman–Crippen MR) is 118 cm³/mol. The summed E-state index contributed by atoms with van der Waals surface area (Å²) in [5.74, 6) is 1.13. The van der Waals surface area contributed by atoms with Crippen LogP contribution in [0.15, 0.2) is 28.7 Å².